The van der Waals surface area contributed by atoms with E-state index < -0.39 is 0 Å². The number of fused-ring (bicyclic) bond motifs is 6. The summed E-state index contributed by atoms with van der Waals surface area (Å²) < 4.78 is 0. The quantitative estimate of drug-likeness (QED) is 0.156. The van der Waals surface area contributed by atoms with Crippen molar-refractivity contribution in [2.45, 2.75) is 38.5 Å². The summed E-state index contributed by atoms with van der Waals surface area (Å²) in [6.07, 6.45) is 0. The van der Waals surface area contributed by atoms with Gasteiger partial charge < -0.3 is 4.90 Å². The lowest BCUT2D eigenvalue weighted by Gasteiger charge is -2.27. The minimum Gasteiger partial charge on any atom is -0.310 e. The second kappa shape index (κ2) is 14.2. The zero-order chi connectivity index (χ0) is 41.3. The maximum absolute atomic E-state index is 2.41. The van der Waals surface area contributed by atoms with Crippen LogP contribution >= 0.6 is 0 Å². The number of anilines is 3. The molecule has 0 spiro atoms. The number of hydrogen-bond donors (Lipinski definition) is 0. The summed E-state index contributed by atoms with van der Waals surface area (Å²) in [5, 5.41) is 0. The monoisotopic (exact) mass is 781 g/mol. The van der Waals surface area contributed by atoms with Gasteiger partial charge in [0.1, 0.15) is 0 Å². The average molecular weight is 782 g/mol. The highest BCUT2D eigenvalue weighted by molar-refractivity contribution is 5.90. The van der Waals surface area contributed by atoms with Crippen molar-refractivity contribution in [3.05, 3.63) is 235 Å². The summed E-state index contributed by atoms with van der Waals surface area (Å²) in [6, 6.07) is 78.5. The van der Waals surface area contributed by atoms with Crippen LogP contribution in [0.3, 0.4) is 0 Å². The van der Waals surface area contributed by atoms with Crippen LogP contribution in [-0.2, 0) is 10.8 Å². The average Bonchev–Trinajstić information content (AvgIpc) is 3.68. The van der Waals surface area contributed by atoms with Crippen LogP contribution in [0.1, 0.15) is 49.9 Å². The number of rotatable bonds is 7. The Kier molecular flexibility index (Phi) is 8.58. The van der Waals surface area contributed by atoms with E-state index in [2.05, 4.69) is 245 Å². The van der Waals surface area contributed by atoms with Crippen molar-refractivity contribution in [2.75, 3.05) is 4.90 Å². The molecule has 0 aromatic heterocycles. The van der Waals surface area contributed by atoms with Crippen LogP contribution in [0.5, 0.6) is 0 Å². The maximum Gasteiger partial charge on any atom is 0.0467 e. The van der Waals surface area contributed by atoms with Crippen molar-refractivity contribution in [1.82, 2.24) is 0 Å². The lowest BCUT2D eigenvalue weighted by atomic mass is 9.82. The van der Waals surface area contributed by atoms with E-state index in [4.69, 9.17) is 0 Å². The predicted molar refractivity (Wildman–Crippen MR) is 258 cm³/mol. The van der Waals surface area contributed by atoms with E-state index in [1.54, 1.807) is 0 Å². The molecule has 0 fully saturated rings. The molecule has 0 saturated carbocycles. The topological polar surface area (TPSA) is 3.24 Å². The Labute approximate surface area is 360 Å². The molecule has 2 aliphatic rings. The fourth-order valence-corrected chi connectivity index (χ4v) is 10.3. The second-order valence-electron chi connectivity index (χ2n) is 17.8. The van der Waals surface area contributed by atoms with Gasteiger partial charge in [-0.05, 0) is 138 Å². The van der Waals surface area contributed by atoms with E-state index >= 15 is 0 Å². The van der Waals surface area contributed by atoms with E-state index in [-0.39, 0.29) is 10.8 Å². The predicted octanol–water partition coefficient (Wildman–Crippen LogP) is 16.4. The van der Waals surface area contributed by atoms with Gasteiger partial charge in [0, 0.05) is 27.9 Å². The van der Waals surface area contributed by atoms with Gasteiger partial charge in [0.05, 0.1) is 0 Å². The maximum atomic E-state index is 2.41. The molecule has 292 valence electrons. The lowest BCUT2D eigenvalue weighted by Crippen LogP contribution is -2.14. The molecule has 1 heteroatoms. The third kappa shape index (κ3) is 6.07. The molecular weight excluding hydrogens is 735 g/mol. The molecule has 2 aliphatic carbocycles. The van der Waals surface area contributed by atoms with Gasteiger partial charge in [0.2, 0.25) is 0 Å². The highest BCUT2D eigenvalue weighted by Crippen LogP contribution is 2.51. The van der Waals surface area contributed by atoms with Gasteiger partial charge in [-0.3, -0.25) is 0 Å². The molecule has 9 aromatic carbocycles. The summed E-state index contributed by atoms with van der Waals surface area (Å²) >= 11 is 0. The summed E-state index contributed by atoms with van der Waals surface area (Å²) in [6.45, 7) is 9.38. The van der Waals surface area contributed by atoms with Crippen molar-refractivity contribution in [2.24, 2.45) is 0 Å². The molecule has 0 radical (unpaired) electrons. The standard InChI is InChI=1S/C60H47N/c1-59(2)55-26-12-10-24-51(55)53-38-44(30-34-57(53)59)42-18-14-20-47(36-42)61(46-32-28-41(29-33-46)50-23-9-8-22-49(50)40-16-6-5-7-17-40)48-21-15-19-43(37-48)45-31-35-58-54(39-45)52-25-11-13-27-56(52)60(58,3)4/h5-39H,1-4H3. The van der Waals surface area contributed by atoms with Crippen molar-refractivity contribution in [3.63, 3.8) is 0 Å². The third-order valence-electron chi connectivity index (χ3n) is 13.5. The zero-order valence-electron chi connectivity index (χ0n) is 35.2. The van der Waals surface area contributed by atoms with E-state index in [1.165, 1.54) is 89.0 Å². The fraction of sp³-hybridized carbons (Fsp3) is 0.100. The summed E-state index contributed by atoms with van der Waals surface area (Å²) in [4.78, 5) is 2.41. The number of benzene rings is 9. The Morgan fingerprint density at radius 1 is 0.246 bits per heavy atom. The van der Waals surface area contributed by atoms with Crippen molar-refractivity contribution in [1.29, 1.82) is 0 Å². The molecule has 0 heterocycles. The highest BCUT2D eigenvalue weighted by atomic mass is 15.1. The lowest BCUT2D eigenvalue weighted by molar-refractivity contribution is 0.660. The van der Waals surface area contributed by atoms with Gasteiger partial charge in [0.25, 0.3) is 0 Å². The molecule has 0 N–H and O–H groups in total. The minimum atomic E-state index is -0.0275. The third-order valence-corrected chi connectivity index (χ3v) is 13.5. The molecule has 0 bridgehead atoms. The molecule has 9 aromatic rings. The first-order chi connectivity index (χ1) is 29.8. The van der Waals surface area contributed by atoms with Crippen molar-refractivity contribution >= 4 is 17.1 Å². The first-order valence-corrected chi connectivity index (χ1v) is 21.5. The molecule has 0 atom stereocenters. The van der Waals surface area contributed by atoms with E-state index in [0.29, 0.717) is 0 Å². The van der Waals surface area contributed by atoms with Crippen molar-refractivity contribution in [3.8, 4) is 66.8 Å². The van der Waals surface area contributed by atoms with Gasteiger partial charge in [-0.1, -0.05) is 191 Å². The summed E-state index contributed by atoms with van der Waals surface area (Å²) in [5.41, 5.74) is 23.9. The molecule has 0 unspecified atom stereocenters. The van der Waals surface area contributed by atoms with Crippen LogP contribution in [0.15, 0.2) is 212 Å². The summed E-state index contributed by atoms with van der Waals surface area (Å²) in [5.74, 6) is 0. The molecule has 11 rings (SSSR count). The molecule has 0 amide bonds. The smallest absolute Gasteiger partial charge is 0.0467 e. The first kappa shape index (κ1) is 36.8. The van der Waals surface area contributed by atoms with Crippen LogP contribution in [0, 0.1) is 0 Å². The van der Waals surface area contributed by atoms with Crippen LogP contribution < -0.4 is 4.90 Å². The van der Waals surface area contributed by atoms with Gasteiger partial charge >= 0.3 is 0 Å². The fourth-order valence-electron chi connectivity index (χ4n) is 10.3. The SMILES string of the molecule is CC1(C)c2ccccc2-c2cc(-c3cccc(N(c4ccc(-c5ccccc5-c5ccccc5)cc4)c4cccc(-c5ccc6c(c5)-c5ccccc5C6(C)C)c4)c3)ccc21. The largest absolute Gasteiger partial charge is 0.310 e. The highest BCUT2D eigenvalue weighted by Gasteiger charge is 2.36. The summed E-state index contributed by atoms with van der Waals surface area (Å²) in [7, 11) is 0. The van der Waals surface area contributed by atoms with E-state index in [1.807, 2.05) is 0 Å². The van der Waals surface area contributed by atoms with Crippen LogP contribution in [0.25, 0.3) is 66.8 Å². The van der Waals surface area contributed by atoms with E-state index in [0.717, 1.165) is 17.1 Å². The molecule has 0 aliphatic heterocycles. The van der Waals surface area contributed by atoms with Crippen LogP contribution in [0.4, 0.5) is 17.1 Å². The Morgan fingerprint density at radius 3 is 1.10 bits per heavy atom. The van der Waals surface area contributed by atoms with E-state index in [9.17, 15) is 0 Å². The Balaban J connectivity index is 1.03. The van der Waals surface area contributed by atoms with Gasteiger partial charge in [-0.2, -0.15) is 0 Å². The molecule has 1 nitrogen and oxygen atoms in total. The van der Waals surface area contributed by atoms with Gasteiger partial charge in [-0.15, -0.1) is 0 Å². The zero-order valence-corrected chi connectivity index (χ0v) is 35.2. The first-order valence-electron chi connectivity index (χ1n) is 21.5. The Morgan fingerprint density at radius 2 is 0.607 bits per heavy atom. The molecule has 61 heavy (non-hydrogen) atoms. The second-order valence-corrected chi connectivity index (χ2v) is 17.8. The van der Waals surface area contributed by atoms with Crippen LogP contribution in [0.2, 0.25) is 0 Å². The molecular formula is C60H47N. The Bertz CT molecular complexity index is 2980. The van der Waals surface area contributed by atoms with Gasteiger partial charge in [-0.25, -0.2) is 0 Å². The van der Waals surface area contributed by atoms with Crippen LogP contribution in [-0.4, -0.2) is 0 Å². The van der Waals surface area contributed by atoms with Crippen molar-refractivity contribution < 1.29 is 0 Å². The minimum absolute atomic E-state index is 0.0275. The van der Waals surface area contributed by atoms with Gasteiger partial charge in [0.15, 0.2) is 0 Å². The number of nitrogens with zero attached hydrogens (tertiary/aromatic N) is 1. The molecule has 0 saturated heterocycles. The normalized spacial score (nSPS) is 13.8. The Hall–Kier alpha value is -7.22. The number of hydrogen-bond acceptors (Lipinski definition) is 1.